The highest BCUT2D eigenvalue weighted by atomic mass is 16.3. The molecule has 8 aromatic carbocycles. The van der Waals surface area contributed by atoms with Gasteiger partial charge in [0.15, 0.2) is 17.5 Å². The van der Waals surface area contributed by atoms with E-state index in [0.29, 0.717) is 17.5 Å². The summed E-state index contributed by atoms with van der Waals surface area (Å²) >= 11 is 0. The first kappa shape index (κ1) is 31.9. The molecule has 11 rings (SSSR count). The fourth-order valence-corrected chi connectivity index (χ4v) is 7.91. The van der Waals surface area contributed by atoms with Crippen LogP contribution in [0.3, 0.4) is 0 Å². The van der Waals surface area contributed by atoms with Crippen molar-refractivity contribution < 1.29 is 4.42 Å². The minimum atomic E-state index is 0.603. The zero-order valence-corrected chi connectivity index (χ0v) is 30.2. The molecule has 56 heavy (non-hydrogen) atoms. The second-order valence-corrected chi connectivity index (χ2v) is 14.1. The standard InChI is InChI=1S/C51H32N4O/c1-3-12-33(13-4-1)34-22-24-35(25-23-34)37-26-28-42-41-18-7-9-20-45(41)55(46(42)32-37)40-17-11-16-38(30-40)50-52-49(36-14-5-2-6-15-36)53-51(54-50)39-27-29-48-44(31-39)43-19-8-10-21-47(43)56-48/h1-32H. The Morgan fingerprint density at radius 1 is 0.304 bits per heavy atom. The van der Waals surface area contributed by atoms with Gasteiger partial charge < -0.3 is 8.98 Å². The van der Waals surface area contributed by atoms with Crippen molar-refractivity contribution >= 4 is 43.7 Å². The van der Waals surface area contributed by atoms with Crippen LogP contribution < -0.4 is 0 Å². The minimum Gasteiger partial charge on any atom is -0.456 e. The van der Waals surface area contributed by atoms with Gasteiger partial charge >= 0.3 is 0 Å². The highest BCUT2D eigenvalue weighted by Gasteiger charge is 2.17. The third kappa shape index (κ3) is 5.45. The maximum Gasteiger partial charge on any atom is 0.164 e. The van der Waals surface area contributed by atoms with Crippen molar-refractivity contribution in [2.45, 2.75) is 0 Å². The summed E-state index contributed by atoms with van der Waals surface area (Å²) in [6, 6.07) is 67.6. The van der Waals surface area contributed by atoms with Gasteiger partial charge in [-0.2, -0.15) is 0 Å². The third-order valence-corrected chi connectivity index (χ3v) is 10.7. The molecule has 3 aromatic heterocycles. The number of hydrogen-bond acceptors (Lipinski definition) is 4. The molecule has 0 radical (unpaired) electrons. The van der Waals surface area contributed by atoms with Gasteiger partial charge in [-0.05, 0) is 70.8 Å². The minimum absolute atomic E-state index is 0.603. The van der Waals surface area contributed by atoms with E-state index in [2.05, 4.69) is 138 Å². The highest BCUT2D eigenvalue weighted by molar-refractivity contribution is 6.10. The Balaban J connectivity index is 1.05. The van der Waals surface area contributed by atoms with Crippen LogP contribution >= 0.6 is 0 Å². The largest absolute Gasteiger partial charge is 0.456 e. The molecule has 0 saturated carbocycles. The molecule has 0 aliphatic rings. The summed E-state index contributed by atoms with van der Waals surface area (Å²) in [7, 11) is 0. The van der Waals surface area contributed by atoms with Crippen LogP contribution in [0, 0.1) is 0 Å². The van der Waals surface area contributed by atoms with Gasteiger partial charge in [-0.15, -0.1) is 0 Å². The van der Waals surface area contributed by atoms with Crippen molar-refractivity contribution in [2.24, 2.45) is 0 Å². The van der Waals surface area contributed by atoms with Crippen LogP contribution in [0.25, 0.3) is 106 Å². The van der Waals surface area contributed by atoms with E-state index in [4.69, 9.17) is 19.4 Å². The van der Waals surface area contributed by atoms with E-state index in [-0.39, 0.29) is 0 Å². The van der Waals surface area contributed by atoms with E-state index in [1.807, 2.05) is 60.7 Å². The van der Waals surface area contributed by atoms with Crippen LogP contribution in [0.1, 0.15) is 0 Å². The van der Waals surface area contributed by atoms with E-state index in [9.17, 15) is 0 Å². The van der Waals surface area contributed by atoms with E-state index >= 15 is 0 Å². The zero-order valence-electron chi connectivity index (χ0n) is 30.2. The summed E-state index contributed by atoms with van der Waals surface area (Å²) in [6.45, 7) is 0. The molecule has 11 aromatic rings. The van der Waals surface area contributed by atoms with Gasteiger partial charge in [0.1, 0.15) is 11.2 Å². The summed E-state index contributed by atoms with van der Waals surface area (Å²) in [5.74, 6) is 1.83. The number of aromatic nitrogens is 4. The monoisotopic (exact) mass is 716 g/mol. The van der Waals surface area contributed by atoms with Crippen molar-refractivity contribution in [3.8, 4) is 62.1 Å². The second-order valence-electron chi connectivity index (χ2n) is 14.1. The Bertz CT molecular complexity index is 3240. The Morgan fingerprint density at radius 2 is 0.821 bits per heavy atom. The van der Waals surface area contributed by atoms with Gasteiger partial charge in [0.25, 0.3) is 0 Å². The van der Waals surface area contributed by atoms with Crippen molar-refractivity contribution in [2.75, 3.05) is 0 Å². The van der Waals surface area contributed by atoms with Gasteiger partial charge in [0.05, 0.1) is 11.0 Å². The van der Waals surface area contributed by atoms with Gasteiger partial charge in [-0.25, -0.2) is 15.0 Å². The topological polar surface area (TPSA) is 56.7 Å². The molecule has 0 N–H and O–H groups in total. The molecular formula is C51H32N4O. The molecule has 262 valence electrons. The smallest absolute Gasteiger partial charge is 0.164 e. The van der Waals surface area contributed by atoms with Crippen LogP contribution in [-0.4, -0.2) is 19.5 Å². The summed E-state index contributed by atoms with van der Waals surface area (Å²) in [5.41, 5.74) is 12.5. The lowest BCUT2D eigenvalue weighted by Crippen LogP contribution is -2.01. The Kier molecular flexibility index (Phi) is 7.42. The van der Waals surface area contributed by atoms with Gasteiger partial charge in [-0.1, -0.05) is 146 Å². The Hall–Kier alpha value is -7.63. The Labute approximate surface area is 322 Å². The lowest BCUT2D eigenvalue weighted by molar-refractivity contribution is 0.669. The van der Waals surface area contributed by atoms with E-state index < -0.39 is 0 Å². The molecule has 0 spiro atoms. The normalized spacial score (nSPS) is 11.6. The summed E-state index contributed by atoms with van der Waals surface area (Å²) in [5, 5.41) is 4.50. The van der Waals surface area contributed by atoms with Crippen molar-refractivity contribution in [1.29, 1.82) is 0 Å². The SMILES string of the molecule is c1ccc(-c2ccc(-c3ccc4c5ccccc5n(-c5cccc(-c6nc(-c7ccccc7)nc(-c7ccc8oc9ccccc9c8c7)n6)c5)c4c3)cc2)cc1. The molecule has 5 heteroatoms. The first-order chi connectivity index (χ1) is 27.7. The van der Waals surface area contributed by atoms with Gasteiger partial charge in [-0.3, -0.25) is 0 Å². The number of furan rings is 1. The molecule has 0 aliphatic heterocycles. The number of hydrogen-bond donors (Lipinski definition) is 0. The number of rotatable bonds is 6. The molecule has 0 amide bonds. The Morgan fingerprint density at radius 3 is 1.59 bits per heavy atom. The molecular weight excluding hydrogens is 685 g/mol. The van der Waals surface area contributed by atoms with E-state index in [1.165, 1.54) is 27.5 Å². The maximum absolute atomic E-state index is 6.14. The van der Waals surface area contributed by atoms with Crippen LogP contribution in [0.5, 0.6) is 0 Å². The molecule has 0 unspecified atom stereocenters. The summed E-state index contributed by atoms with van der Waals surface area (Å²) < 4.78 is 8.49. The molecule has 3 heterocycles. The molecule has 0 fully saturated rings. The summed E-state index contributed by atoms with van der Waals surface area (Å²) in [6.07, 6.45) is 0. The fraction of sp³-hybridized carbons (Fsp3) is 0. The first-order valence-electron chi connectivity index (χ1n) is 18.8. The van der Waals surface area contributed by atoms with Crippen LogP contribution in [0.2, 0.25) is 0 Å². The molecule has 0 aliphatic carbocycles. The first-order valence-corrected chi connectivity index (χ1v) is 18.8. The predicted molar refractivity (Wildman–Crippen MR) is 229 cm³/mol. The van der Waals surface area contributed by atoms with Crippen molar-refractivity contribution in [3.05, 3.63) is 194 Å². The van der Waals surface area contributed by atoms with E-state index in [0.717, 1.165) is 60.9 Å². The summed E-state index contributed by atoms with van der Waals surface area (Å²) in [4.78, 5) is 15.2. The number of fused-ring (bicyclic) bond motifs is 6. The average molecular weight is 717 g/mol. The molecule has 0 bridgehead atoms. The van der Waals surface area contributed by atoms with Crippen molar-refractivity contribution in [1.82, 2.24) is 19.5 Å². The van der Waals surface area contributed by atoms with Crippen LogP contribution in [0.15, 0.2) is 199 Å². The lowest BCUT2D eigenvalue weighted by Gasteiger charge is -2.12. The number of nitrogens with zero attached hydrogens (tertiary/aromatic N) is 4. The maximum atomic E-state index is 6.14. The average Bonchev–Trinajstić information content (AvgIpc) is 3.82. The molecule has 5 nitrogen and oxygen atoms in total. The fourth-order valence-electron chi connectivity index (χ4n) is 7.91. The quantitative estimate of drug-likeness (QED) is 0.172. The molecule has 0 atom stereocenters. The van der Waals surface area contributed by atoms with Crippen LogP contribution in [-0.2, 0) is 0 Å². The van der Waals surface area contributed by atoms with E-state index in [1.54, 1.807) is 0 Å². The number of benzene rings is 8. The van der Waals surface area contributed by atoms with Crippen LogP contribution in [0.4, 0.5) is 0 Å². The van der Waals surface area contributed by atoms with Gasteiger partial charge in [0, 0.05) is 43.9 Å². The predicted octanol–water partition coefficient (Wildman–Crippen LogP) is 13.2. The van der Waals surface area contributed by atoms with Gasteiger partial charge in [0.2, 0.25) is 0 Å². The molecule has 0 saturated heterocycles. The third-order valence-electron chi connectivity index (χ3n) is 10.7. The van der Waals surface area contributed by atoms with Crippen molar-refractivity contribution in [3.63, 3.8) is 0 Å². The second kappa shape index (κ2) is 13.0. The lowest BCUT2D eigenvalue weighted by atomic mass is 9.99. The number of para-hydroxylation sites is 2. The highest BCUT2D eigenvalue weighted by Crippen LogP contribution is 2.37. The zero-order chi connectivity index (χ0) is 37.0.